The molecule has 24 heavy (non-hydrogen) atoms. The van der Waals surface area contributed by atoms with Gasteiger partial charge in [-0.3, -0.25) is 4.79 Å². The van der Waals surface area contributed by atoms with E-state index in [-0.39, 0.29) is 19.0 Å². The minimum Gasteiger partial charge on any atom is -0.452 e. The number of amides is 1. The SMILES string of the molecule is O=C(COC(=O)/C=C/c1cccc(Br)c1)NCc1ccc(F)cc1. The fourth-order valence-electron chi connectivity index (χ4n) is 1.81. The molecule has 1 N–H and O–H groups in total. The van der Waals surface area contributed by atoms with Crippen molar-refractivity contribution in [1.82, 2.24) is 5.32 Å². The van der Waals surface area contributed by atoms with Crippen LogP contribution in [0.5, 0.6) is 0 Å². The summed E-state index contributed by atoms with van der Waals surface area (Å²) in [7, 11) is 0. The molecule has 124 valence electrons. The molecule has 0 radical (unpaired) electrons. The molecule has 0 saturated heterocycles. The third-order valence-corrected chi connectivity index (χ3v) is 3.50. The largest absolute Gasteiger partial charge is 0.452 e. The summed E-state index contributed by atoms with van der Waals surface area (Å²) in [4.78, 5) is 23.2. The van der Waals surface area contributed by atoms with Crippen LogP contribution in [0.25, 0.3) is 6.08 Å². The zero-order valence-electron chi connectivity index (χ0n) is 12.7. The second-order valence-corrected chi connectivity index (χ2v) is 5.81. The summed E-state index contributed by atoms with van der Waals surface area (Å²) in [6.45, 7) is -0.132. The third kappa shape index (κ3) is 6.34. The summed E-state index contributed by atoms with van der Waals surface area (Å²) in [6.07, 6.45) is 2.86. The molecule has 1 amide bonds. The van der Waals surface area contributed by atoms with Crippen molar-refractivity contribution in [2.75, 3.05) is 6.61 Å². The molecule has 2 aromatic rings. The first-order valence-corrected chi connectivity index (χ1v) is 7.94. The lowest BCUT2D eigenvalue weighted by Crippen LogP contribution is -2.28. The van der Waals surface area contributed by atoms with Crippen molar-refractivity contribution in [3.63, 3.8) is 0 Å². The molecule has 0 bridgehead atoms. The molecule has 6 heteroatoms. The van der Waals surface area contributed by atoms with Crippen LogP contribution >= 0.6 is 15.9 Å². The third-order valence-electron chi connectivity index (χ3n) is 3.01. The maximum atomic E-state index is 12.8. The molecule has 0 saturated carbocycles. The highest BCUT2D eigenvalue weighted by molar-refractivity contribution is 9.10. The Morgan fingerprint density at radius 3 is 2.62 bits per heavy atom. The molecule has 0 aromatic heterocycles. The van der Waals surface area contributed by atoms with E-state index in [9.17, 15) is 14.0 Å². The fraction of sp³-hybridized carbons (Fsp3) is 0.111. The lowest BCUT2D eigenvalue weighted by atomic mass is 10.2. The number of hydrogen-bond donors (Lipinski definition) is 1. The molecule has 0 aliphatic rings. The molecule has 0 spiro atoms. The average molecular weight is 392 g/mol. The highest BCUT2D eigenvalue weighted by Crippen LogP contribution is 2.12. The summed E-state index contributed by atoms with van der Waals surface area (Å²) >= 11 is 3.34. The lowest BCUT2D eigenvalue weighted by molar-refractivity contribution is -0.143. The van der Waals surface area contributed by atoms with Gasteiger partial charge in [-0.15, -0.1) is 0 Å². The number of carbonyl (C=O) groups is 2. The molecule has 0 atom stereocenters. The van der Waals surface area contributed by atoms with E-state index in [1.807, 2.05) is 24.3 Å². The van der Waals surface area contributed by atoms with Gasteiger partial charge in [-0.2, -0.15) is 0 Å². The molecular formula is C18H15BrFNO3. The Labute approximate surface area is 147 Å². The van der Waals surface area contributed by atoms with Crippen molar-refractivity contribution in [1.29, 1.82) is 0 Å². The number of nitrogens with one attached hydrogen (secondary N) is 1. The maximum absolute atomic E-state index is 12.8. The molecule has 0 aliphatic heterocycles. The number of hydrogen-bond acceptors (Lipinski definition) is 3. The Morgan fingerprint density at radius 1 is 1.17 bits per heavy atom. The summed E-state index contributed by atoms with van der Waals surface area (Å²) in [6, 6.07) is 13.2. The number of rotatable bonds is 6. The summed E-state index contributed by atoms with van der Waals surface area (Å²) in [5.74, 6) is -1.37. The van der Waals surface area contributed by atoms with E-state index in [0.717, 1.165) is 15.6 Å². The molecule has 2 aromatic carbocycles. The predicted molar refractivity (Wildman–Crippen MR) is 92.4 cm³/mol. The Morgan fingerprint density at radius 2 is 1.92 bits per heavy atom. The maximum Gasteiger partial charge on any atom is 0.331 e. The molecular weight excluding hydrogens is 377 g/mol. The lowest BCUT2D eigenvalue weighted by Gasteiger charge is -2.05. The van der Waals surface area contributed by atoms with Gasteiger partial charge in [0.25, 0.3) is 5.91 Å². The minimum atomic E-state index is -0.605. The van der Waals surface area contributed by atoms with E-state index in [1.165, 1.54) is 18.2 Å². The smallest absolute Gasteiger partial charge is 0.331 e. The van der Waals surface area contributed by atoms with E-state index in [1.54, 1.807) is 18.2 Å². The second-order valence-electron chi connectivity index (χ2n) is 4.90. The van der Waals surface area contributed by atoms with Gasteiger partial charge in [0.15, 0.2) is 6.61 Å². The summed E-state index contributed by atoms with van der Waals surface area (Å²) in [5, 5.41) is 2.59. The Bertz CT molecular complexity index is 744. The average Bonchev–Trinajstić information content (AvgIpc) is 2.57. The molecule has 2 rings (SSSR count). The highest BCUT2D eigenvalue weighted by Gasteiger charge is 2.05. The molecule has 4 nitrogen and oxygen atoms in total. The Balaban J connectivity index is 1.72. The van der Waals surface area contributed by atoms with Crippen molar-refractivity contribution in [2.45, 2.75) is 6.54 Å². The van der Waals surface area contributed by atoms with Crippen LogP contribution in [0.3, 0.4) is 0 Å². The predicted octanol–water partition coefficient (Wildman–Crippen LogP) is 3.46. The van der Waals surface area contributed by atoms with E-state index in [4.69, 9.17) is 4.74 Å². The first-order valence-electron chi connectivity index (χ1n) is 7.14. The molecule has 0 fully saturated rings. The number of halogens is 2. The number of esters is 1. The first kappa shape index (κ1) is 17.9. The van der Waals surface area contributed by atoms with Crippen LogP contribution in [0.1, 0.15) is 11.1 Å². The van der Waals surface area contributed by atoms with Crippen LogP contribution in [0.4, 0.5) is 4.39 Å². The van der Waals surface area contributed by atoms with Crippen molar-refractivity contribution in [3.8, 4) is 0 Å². The van der Waals surface area contributed by atoms with E-state index in [2.05, 4.69) is 21.2 Å². The van der Waals surface area contributed by atoms with Gasteiger partial charge in [-0.1, -0.05) is 40.2 Å². The Kier molecular flexibility index (Phi) is 6.69. The topological polar surface area (TPSA) is 55.4 Å². The van der Waals surface area contributed by atoms with Crippen molar-refractivity contribution in [3.05, 3.63) is 76.0 Å². The van der Waals surface area contributed by atoms with Crippen LogP contribution in [0.15, 0.2) is 59.1 Å². The molecule has 0 heterocycles. The van der Waals surface area contributed by atoms with Crippen LogP contribution in [0, 0.1) is 5.82 Å². The zero-order chi connectivity index (χ0) is 17.4. The van der Waals surface area contributed by atoms with Crippen molar-refractivity contribution < 1.29 is 18.7 Å². The van der Waals surface area contributed by atoms with Crippen molar-refractivity contribution >= 4 is 33.9 Å². The normalized spacial score (nSPS) is 10.6. The van der Waals surface area contributed by atoms with E-state index >= 15 is 0 Å². The quantitative estimate of drug-likeness (QED) is 0.605. The van der Waals surface area contributed by atoms with Gasteiger partial charge in [0.2, 0.25) is 0 Å². The standard InChI is InChI=1S/C18H15BrFNO3/c19-15-3-1-2-13(10-15)6-9-18(23)24-12-17(22)21-11-14-4-7-16(20)8-5-14/h1-10H,11-12H2,(H,21,22)/b9-6+. The van der Waals surface area contributed by atoms with Crippen LogP contribution in [-0.2, 0) is 20.9 Å². The van der Waals surface area contributed by atoms with Gasteiger partial charge < -0.3 is 10.1 Å². The van der Waals surface area contributed by atoms with Gasteiger partial charge >= 0.3 is 5.97 Å². The first-order chi connectivity index (χ1) is 11.5. The molecule has 0 aliphatic carbocycles. The Hall–Kier alpha value is -2.47. The minimum absolute atomic E-state index is 0.241. The van der Waals surface area contributed by atoms with Gasteiger partial charge in [0, 0.05) is 17.1 Å². The monoisotopic (exact) mass is 391 g/mol. The van der Waals surface area contributed by atoms with Crippen molar-refractivity contribution in [2.24, 2.45) is 0 Å². The van der Waals surface area contributed by atoms with Gasteiger partial charge in [-0.05, 0) is 41.5 Å². The van der Waals surface area contributed by atoms with Gasteiger partial charge in [0.1, 0.15) is 5.82 Å². The number of benzene rings is 2. The number of carbonyl (C=O) groups excluding carboxylic acids is 2. The molecule has 0 unspecified atom stereocenters. The fourth-order valence-corrected chi connectivity index (χ4v) is 2.23. The summed E-state index contributed by atoms with van der Waals surface area (Å²) < 4.78 is 18.5. The van der Waals surface area contributed by atoms with Gasteiger partial charge in [0.05, 0.1) is 0 Å². The van der Waals surface area contributed by atoms with E-state index < -0.39 is 11.9 Å². The highest BCUT2D eigenvalue weighted by atomic mass is 79.9. The van der Waals surface area contributed by atoms with E-state index in [0.29, 0.717) is 0 Å². The van der Waals surface area contributed by atoms with Crippen LogP contribution < -0.4 is 5.32 Å². The summed E-state index contributed by atoms with van der Waals surface area (Å²) in [5.41, 5.74) is 1.59. The van der Waals surface area contributed by atoms with Crippen LogP contribution in [0.2, 0.25) is 0 Å². The zero-order valence-corrected chi connectivity index (χ0v) is 14.3. The second kappa shape index (κ2) is 8.98. The number of ether oxygens (including phenoxy) is 1. The van der Waals surface area contributed by atoms with Gasteiger partial charge in [-0.25, -0.2) is 9.18 Å². The van der Waals surface area contributed by atoms with Crippen LogP contribution in [-0.4, -0.2) is 18.5 Å².